The predicted octanol–water partition coefficient (Wildman–Crippen LogP) is 1.90. The normalized spacial score (nSPS) is 13.6. The van der Waals surface area contributed by atoms with E-state index >= 15 is 0 Å². The zero-order chi connectivity index (χ0) is 12.0. The molecule has 17 heavy (non-hydrogen) atoms. The smallest absolute Gasteiger partial charge is 0.254 e. The monoisotopic (exact) mass is 249 g/mol. The van der Waals surface area contributed by atoms with Crippen molar-refractivity contribution >= 4 is 17.2 Å². The van der Waals surface area contributed by atoms with Gasteiger partial charge in [0.25, 0.3) is 5.91 Å². The fourth-order valence-corrected chi connectivity index (χ4v) is 2.64. The number of carbonyl (C=O) groups excluding carboxylic acids is 1. The summed E-state index contributed by atoms with van der Waals surface area (Å²) in [5.74, 6) is -0.712. The number of hydrogen-bond donors (Lipinski definition) is 1. The summed E-state index contributed by atoms with van der Waals surface area (Å²) in [6, 6.07) is 0. The van der Waals surface area contributed by atoms with Crippen molar-refractivity contribution in [3.05, 3.63) is 34.3 Å². The van der Waals surface area contributed by atoms with E-state index in [1.54, 1.807) is 6.20 Å². The topological polar surface area (TPSA) is 54.9 Å². The minimum Gasteiger partial charge on any atom is -0.348 e. The third kappa shape index (κ3) is 1.52. The van der Waals surface area contributed by atoms with E-state index in [1.165, 1.54) is 11.3 Å². The SMILES string of the molecule is Cc1ncc(-c2ncc(F)c3c2C(=O)NC3)s1. The van der Waals surface area contributed by atoms with Gasteiger partial charge >= 0.3 is 0 Å². The Morgan fingerprint density at radius 3 is 2.94 bits per heavy atom. The number of rotatable bonds is 1. The Morgan fingerprint density at radius 1 is 1.41 bits per heavy atom. The number of carbonyl (C=O) groups is 1. The molecule has 3 heterocycles. The molecule has 4 nitrogen and oxygen atoms in total. The lowest BCUT2D eigenvalue weighted by Crippen LogP contribution is -2.13. The number of pyridine rings is 1. The van der Waals surface area contributed by atoms with Gasteiger partial charge in [0, 0.05) is 18.3 Å². The Morgan fingerprint density at radius 2 is 2.24 bits per heavy atom. The maximum absolute atomic E-state index is 13.5. The number of halogens is 1. The molecule has 0 saturated heterocycles. The van der Waals surface area contributed by atoms with E-state index in [-0.39, 0.29) is 12.5 Å². The molecule has 0 fully saturated rings. The van der Waals surface area contributed by atoms with Crippen LogP contribution in [0.15, 0.2) is 12.4 Å². The molecule has 2 aromatic rings. The lowest BCUT2D eigenvalue weighted by atomic mass is 10.1. The fourth-order valence-electron chi connectivity index (χ4n) is 1.86. The van der Waals surface area contributed by atoms with Crippen LogP contribution in [0.3, 0.4) is 0 Å². The first-order chi connectivity index (χ1) is 8.16. The van der Waals surface area contributed by atoms with Gasteiger partial charge in [-0.05, 0) is 6.92 Å². The van der Waals surface area contributed by atoms with E-state index in [1.807, 2.05) is 6.92 Å². The highest BCUT2D eigenvalue weighted by atomic mass is 32.1. The molecular weight excluding hydrogens is 241 g/mol. The van der Waals surface area contributed by atoms with Crippen molar-refractivity contribution in [2.45, 2.75) is 13.5 Å². The molecule has 0 atom stereocenters. The molecule has 86 valence electrons. The van der Waals surface area contributed by atoms with Crippen molar-refractivity contribution in [1.29, 1.82) is 0 Å². The molecule has 0 unspecified atom stereocenters. The first kappa shape index (κ1) is 10.3. The predicted molar refractivity (Wildman–Crippen MR) is 61.2 cm³/mol. The molecule has 0 aromatic carbocycles. The molecule has 2 aromatic heterocycles. The van der Waals surface area contributed by atoms with Crippen LogP contribution in [0.5, 0.6) is 0 Å². The minimum atomic E-state index is -0.441. The summed E-state index contributed by atoms with van der Waals surface area (Å²) in [5.41, 5.74) is 1.25. The van der Waals surface area contributed by atoms with E-state index in [4.69, 9.17) is 0 Å². The number of thiazole rings is 1. The van der Waals surface area contributed by atoms with Crippen molar-refractivity contribution in [3.8, 4) is 10.6 Å². The van der Waals surface area contributed by atoms with E-state index in [2.05, 4.69) is 15.3 Å². The molecule has 0 bridgehead atoms. The summed E-state index contributed by atoms with van der Waals surface area (Å²) in [6.07, 6.45) is 2.82. The Hall–Kier alpha value is -1.82. The Balaban J connectivity index is 2.25. The van der Waals surface area contributed by atoms with E-state index < -0.39 is 5.82 Å². The number of aromatic nitrogens is 2. The number of fused-ring (bicyclic) bond motifs is 1. The minimum absolute atomic E-state index is 0.229. The zero-order valence-electron chi connectivity index (χ0n) is 8.95. The van der Waals surface area contributed by atoms with Crippen LogP contribution in [0.25, 0.3) is 10.6 Å². The van der Waals surface area contributed by atoms with Crippen molar-refractivity contribution in [2.24, 2.45) is 0 Å². The van der Waals surface area contributed by atoms with Crippen LogP contribution in [0.1, 0.15) is 20.9 Å². The molecule has 1 aliphatic rings. The fraction of sp³-hybridized carbons (Fsp3) is 0.182. The molecule has 6 heteroatoms. The Labute approximate surface area is 101 Å². The van der Waals surface area contributed by atoms with Crippen molar-refractivity contribution in [3.63, 3.8) is 0 Å². The second kappa shape index (κ2) is 3.59. The lowest BCUT2D eigenvalue weighted by Gasteiger charge is -2.03. The highest BCUT2D eigenvalue weighted by Crippen LogP contribution is 2.31. The van der Waals surface area contributed by atoms with Crippen LogP contribution in [0.4, 0.5) is 4.39 Å². The molecule has 0 saturated carbocycles. The Kier molecular flexibility index (Phi) is 2.19. The second-order valence-corrected chi connectivity index (χ2v) is 4.97. The molecule has 3 rings (SSSR count). The molecule has 0 spiro atoms. The molecular formula is C11H8FN3OS. The molecule has 0 aliphatic carbocycles. The third-order valence-electron chi connectivity index (χ3n) is 2.64. The van der Waals surface area contributed by atoms with Gasteiger partial charge in [-0.15, -0.1) is 11.3 Å². The molecule has 1 aliphatic heterocycles. The molecule has 0 radical (unpaired) electrons. The summed E-state index contributed by atoms with van der Waals surface area (Å²) in [7, 11) is 0. The van der Waals surface area contributed by atoms with Crippen molar-refractivity contribution < 1.29 is 9.18 Å². The summed E-state index contributed by atoms with van der Waals surface area (Å²) in [6.45, 7) is 2.10. The van der Waals surface area contributed by atoms with Crippen molar-refractivity contribution in [1.82, 2.24) is 15.3 Å². The van der Waals surface area contributed by atoms with Gasteiger partial charge in [0.15, 0.2) is 0 Å². The van der Waals surface area contributed by atoms with Gasteiger partial charge in [0.2, 0.25) is 0 Å². The second-order valence-electron chi connectivity index (χ2n) is 3.73. The van der Waals surface area contributed by atoms with E-state index in [0.29, 0.717) is 16.8 Å². The van der Waals surface area contributed by atoms with E-state index in [9.17, 15) is 9.18 Å². The largest absolute Gasteiger partial charge is 0.348 e. The maximum atomic E-state index is 13.5. The van der Waals surface area contributed by atoms with Gasteiger partial charge in [0.1, 0.15) is 5.82 Å². The summed E-state index contributed by atoms with van der Waals surface area (Å²) < 4.78 is 13.5. The van der Waals surface area contributed by atoms with Gasteiger partial charge < -0.3 is 5.32 Å². The van der Waals surface area contributed by atoms with Crippen LogP contribution in [-0.2, 0) is 6.54 Å². The average Bonchev–Trinajstić information content (AvgIpc) is 2.88. The molecule has 1 amide bonds. The number of nitrogens with zero attached hydrogens (tertiary/aromatic N) is 2. The first-order valence-electron chi connectivity index (χ1n) is 5.05. The van der Waals surface area contributed by atoms with Gasteiger partial charge in [0.05, 0.1) is 27.3 Å². The summed E-state index contributed by atoms with van der Waals surface area (Å²) in [4.78, 5) is 20.6. The number of aryl methyl sites for hydroxylation is 1. The van der Waals surface area contributed by atoms with Gasteiger partial charge in [-0.2, -0.15) is 0 Å². The van der Waals surface area contributed by atoms with Crippen LogP contribution >= 0.6 is 11.3 Å². The maximum Gasteiger partial charge on any atom is 0.254 e. The number of nitrogens with one attached hydrogen (secondary N) is 1. The molecule has 1 N–H and O–H groups in total. The van der Waals surface area contributed by atoms with Crippen LogP contribution in [0.2, 0.25) is 0 Å². The van der Waals surface area contributed by atoms with Gasteiger partial charge in [-0.25, -0.2) is 9.37 Å². The van der Waals surface area contributed by atoms with Gasteiger partial charge in [-0.1, -0.05) is 0 Å². The van der Waals surface area contributed by atoms with Crippen molar-refractivity contribution in [2.75, 3.05) is 0 Å². The standard InChI is InChI=1S/C11H8FN3OS/c1-5-13-4-8(17-5)10-9-6(2-15-11(9)16)7(12)3-14-10/h3-4H,2H2,1H3,(H,15,16). The Bertz CT molecular complexity index is 623. The first-order valence-corrected chi connectivity index (χ1v) is 5.87. The van der Waals surface area contributed by atoms with Gasteiger partial charge in [-0.3, -0.25) is 9.78 Å². The zero-order valence-corrected chi connectivity index (χ0v) is 9.77. The lowest BCUT2D eigenvalue weighted by molar-refractivity contribution is 0.0966. The average molecular weight is 249 g/mol. The number of amides is 1. The third-order valence-corrected chi connectivity index (χ3v) is 3.56. The van der Waals surface area contributed by atoms with Crippen LogP contribution in [0, 0.1) is 12.7 Å². The highest BCUT2D eigenvalue weighted by molar-refractivity contribution is 7.15. The van der Waals surface area contributed by atoms with Crippen LogP contribution < -0.4 is 5.32 Å². The summed E-state index contributed by atoms with van der Waals surface area (Å²) in [5, 5.41) is 3.50. The quantitative estimate of drug-likeness (QED) is 0.839. The van der Waals surface area contributed by atoms with Crippen LogP contribution in [-0.4, -0.2) is 15.9 Å². The number of hydrogen-bond acceptors (Lipinski definition) is 4. The highest BCUT2D eigenvalue weighted by Gasteiger charge is 2.27. The van der Waals surface area contributed by atoms with E-state index in [0.717, 1.165) is 16.1 Å². The summed E-state index contributed by atoms with van der Waals surface area (Å²) >= 11 is 1.44.